The van der Waals surface area contributed by atoms with E-state index in [0.717, 1.165) is 0 Å². The van der Waals surface area contributed by atoms with Gasteiger partial charge in [0.1, 0.15) is 23.5 Å². The maximum atomic E-state index is 12.8. The van der Waals surface area contributed by atoms with Crippen LogP contribution in [0.3, 0.4) is 0 Å². The summed E-state index contributed by atoms with van der Waals surface area (Å²) in [5.41, 5.74) is 1.49. The van der Waals surface area contributed by atoms with Crippen LogP contribution < -0.4 is 4.74 Å². The lowest BCUT2D eigenvalue weighted by molar-refractivity contribution is 0.104. The number of nitrogens with one attached hydrogen (secondary N) is 1. The minimum atomic E-state index is -0.197. The quantitative estimate of drug-likeness (QED) is 0.545. The Labute approximate surface area is 148 Å². The molecule has 0 radical (unpaired) electrons. The van der Waals surface area contributed by atoms with E-state index in [4.69, 9.17) is 16.3 Å². The van der Waals surface area contributed by atoms with Crippen molar-refractivity contribution in [3.8, 4) is 11.5 Å². The highest BCUT2D eigenvalue weighted by molar-refractivity contribution is 6.35. The minimum Gasteiger partial charge on any atom is -0.457 e. The summed E-state index contributed by atoms with van der Waals surface area (Å²) in [5, 5.41) is 0.984. The summed E-state index contributed by atoms with van der Waals surface area (Å²) >= 11 is 6.32. The highest BCUT2D eigenvalue weighted by Crippen LogP contribution is 2.29. The molecule has 4 aromatic rings. The zero-order chi connectivity index (χ0) is 17.2. The van der Waals surface area contributed by atoms with E-state index >= 15 is 0 Å². The topological polar surface area (TPSA) is 67.9 Å². The Hall–Kier alpha value is -3.18. The molecule has 0 aliphatic carbocycles. The van der Waals surface area contributed by atoms with Crippen molar-refractivity contribution in [2.24, 2.45) is 0 Å². The van der Waals surface area contributed by atoms with Gasteiger partial charge < -0.3 is 9.72 Å². The number of hydrogen-bond donors (Lipinski definition) is 1. The highest BCUT2D eigenvalue weighted by atomic mass is 35.5. The van der Waals surface area contributed by atoms with E-state index in [-0.39, 0.29) is 5.78 Å². The monoisotopic (exact) mass is 349 g/mol. The van der Waals surface area contributed by atoms with Crippen LogP contribution >= 0.6 is 11.6 Å². The van der Waals surface area contributed by atoms with Gasteiger partial charge >= 0.3 is 0 Å². The number of carbonyl (C=O) groups excluding carboxylic acids is 1. The molecule has 0 aliphatic rings. The summed E-state index contributed by atoms with van der Waals surface area (Å²) in [4.78, 5) is 23.8. The molecule has 6 heteroatoms. The van der Waals surface area contributed by atoms with Crippen LogP contribution in [0.4, 0.5) is 0 Å². The summed E-state index contributed by atoms with van der Waals surface area (Å²) in [6.45, 7) is 0. The number of aromatic amines is 1. The molecule has 0 unspecified atom stereocenters. The third-order valence-corrected chi connectivity index (χ3v) is 4.08. The predicted molar refractivity (Wildman–Crippen MR) is 95.3 cm³/mol. The number of H-pyrrole nitrogens is 1. The molecule has 2 heterocycles. The van der Waals surface area contributed by atoms with Crippen LogP contribution in [0.25, 0.3) is 11.0 Å². The van der Waals surface area contributed by atoms with Crippen molar-refractivity contribution >= 4 is 28.4 Å². The van der Waals surface area contributed by atoms with E-state index in [1.165, 1.54) is 6.33 Å². The van der Waals surface area contributed by atoms with Crippen LogP contribution in [-0.4, -0.2) is 20.7 Å². The van der Waals surface area contributed by atoms with Crippen LogP contribution in [0.2, 0.25) is 5.02 Å². The second-order valence-corrected chi connectivity index (χ2v) is 5.78. The zero-order valence-corrected chi connectivity index (χ0v) is 13.7. The maximum Gasteiger partial charge on any atom is 0.196 e. The lowest BCUT2D eigenvalue weighted by atomic mass is 10.0. The SMILES string of the molecule is O=C(c1ccc(Oc2ccccc2)cc1Cl)c1c[nH]c2ncncc12. The normalized spacial score (nSPS) is 10.8. The molecule has 0 aliphatic heterocycles. The number of ketones is 1. The minimum absolute atomic E-state index is 0.197. The van der Waals surface area contributed by atoms with Crippen LogP contribution in [0.5, 0.6) is 11.5 Å². The lowest BCUT2D eigenvalue weighted by Gasteiger charge is -2.08. The number of carbonyl (C=O) groups is 1. The van der Waals surface area contributed by atoms with E-state index in [0.29, 0.717) is 38.7 Å². The first kappa shape index (κ1) is 15.4. The van der Waals surface area contributed by atoms with Gasteiger partial charge in [0, 0.05) is 29.4 Å². The fraction of sp³-hybridized carbons (Fsp3) is 0. The summed E-state index contributed by atoms with van der Waals surface area (Å²) in [7, 11) is 0. The number of aromatic nitrogens is 3. The molecule has 0 saturated heterocycles. The van der Waals surface area contributed by atoms with Gasteiger partial charge in [-0.05, 0) is 24.3 Å². The standard InChI is InChI=1S/C19H12ClN3O2/c20-17-8-13(25-12-4-2-1-3-5-12)6-7-14(17)18(24)15-10-22-19-16(15)9-21-11-23-19/h1-11H,(H,21,22,23). The number of nitrogens with zero attached hydrogens (tertiary/aromatic N) is 2. The van der Waals surface area contributed by atoms with E-state index in [9.17, 15) is 4.79 Å². The van der Waals surface area contributed by atoms with Gasteiger partial charge in [-0.1, -0.05) is 29.8 Å². The van der Waals surface area contributed by atoms with Gasteiger partial charge in [-0.2, -0.15) is 0 Å². The fourth-order valence-electron chi connectivity index (χ4n) is 2.56. The second-order valence-electron chi connectivity index (χ2n) is 5.37. The molecule has 0 fully saturated rings. The Kier molecular flexibility index (Phi) is 3.91. The molecule has 0 saturated carbocycles. The number of para-hydroxylation sites is 1. The third kappa shape index (κ3) is 2.97. The van der Waals surface area contributed by atoms with Gasteiger partial charge in [0.25, 0.3) is 0 Å². The smallest absolute Gasteiger partial charge is 0.196 e. The van der Waals surface area contributed by atoms with Crippen molar-refractivity contribution < 1.29 is 9.53 Å². The molecule has 4 rings (SSSR count). The maximum absolute atomic E-state index is 12.8. The van der Waals surface area contributed by atoms with Crippen LogP contribution in [0, 0.1) is 0 Å². The average Bonchev–Trinajstić information content (AvgIpc) is 3.06. The van der Waals surface area contributed by atoms with Crippen molar-refractivity contribution in [3.63, 3.8) is 0 Å². The molecule has 2 aromatic carbocycles. The van der Waals surface area contributed by atoms with Gasteiger partial charge in [-0.15, -0.1) is 0 Å². The number of fused-ring (bicyclic) bond motifs is 1. The Balaban J connectivity index is 1.65. The Morgan fingerprint density at radius 2 is 1.88 bits per heavy atom. The largest absolute Gasteiger partial charge is 0.457 e. The summed E-state index contributed by atoms with van der Waals surface area (Å²) in [6.07, 6.45) is 4.65. The number of benzene rings is 2. The molecule has 5 nitrogen and oxygen atoms in total. The number of halogens is 1. The first-order valence-corrected chi connectivity index (χ1v) is 7.94. The Bertz CT molecular complexity index is 1060. The molecule has 25 heavy (non-hydrogen) atoms. The Morgan fingerprint density at radius 1 is 1.04 bits per heavy atom. The molecule has 1 N–H and O–H groups in total. The first-order chi connectivity index (χ1) is 12.2. The number of ether oxygens (including phenoxy) is 1. The Morgan fingerprint density at radius 3 is 2.68 bits per heavy atom. The van der Waals surface area contributed by atoms with Crippen molar-refractivity contribution in [2.45, 2.75) is 0 Å². The van der Waals surface area contributed by atoms with Gasteiger partial charge in [-0.3, -0.25) is 4.79 Å². The summed E-state index contributed by atoms with van der Waals surface area (Å²) in [6, 6.07) is 14.4. The zero-order valence-electron chi connectivity index (χ0n) is 12.9. The number of rotatable bonds is 4. The average molecular weight is 350 g/mol. The second kappa shape index (κ2) is 6.37. The van der Waals surface area contributed by atoms with Crippen molar-refractivity contribution in [3.05, 3.63) is 83.4 Å². The summed E-state index contributed by atoms with van der Waals surface area (Å²) < 4.78 is 5.73. The van der Waals surface area contributed by atoms with Gasteiger partial charge in [-0.25, -0.2) is 9.97 Å². The number of hydrogen-bond acceptors (Lipinski definition) is 4. The summed E-state index contributed by atoms with van der Waals surface area (Å²) in [5.74, 6) is 1.07. The van der Waals surface area contributed by atoms with E-state index in [2.05, 4.69) is 15.0 Å². The van der Waals surface area contributed by atoms with Crippen LogP contribution in [0.15, 0.2) is 67.3 Å². The molecule has 0 bridgehead atoms. The van der Waals surface area contributed by atoms with E-state index in [1.54, 1.807) is 30.6 Å². The first-order valence-electron chi connectivity index (χ1n) is 7.56. The molecular formula is C19H12ClN3O2. The third-order valence-electron chi connectivity index (χ3n) is 3.76. The molecular weight excluding hydrogens is 338 g/mol. The van der Waals surface area contributed by atoms with Gasteiger partial charge in [0.05, 0.1) is 10.6 Å². The molecule has 0 atom stereocenters. The molecule has 2 aromatic heterocycles. The van der Waals surface area contributed by atoms with Crippen molar-refractivity contribution in [2.75, 3.05) is 0 Å². The molecule has 122 valence electrons. The highest BCUT2D eigenvalue weighted by Gasteiger charge is 2.18. The molecule has 0 spiro atoms. The lowest BCUT2D eigenvalue weighted by Crippen LogP contribution is -2.01. The predicted octanol–water partition coefficient (Wildman–Crippen LogP) is 4.63. The molecule has 0 amide bonds. The van der Waals surface area contributed by atoms with Crippen LogP contribution in [0.1, 0.15) is 15.9 Å². The van der Waals surface area contributed by atoms with E-state index in [1.807, 2.05) is 30.3 Å². The van der Waals surface area contributed by atoms with Gasteiger partial charge in [0.2, 0.25) is 0 Å². The fourth-order valence-corrected chi connectivity index (χ4v) is 2.82. The van der Waals surface area contributed by atoms with E-state index < -0.39 is 0 Å². The van der Waals surface area contributed by atoms with Crippen molar-refractivity contribution in [1.82, 2.24) is 15.0 Å². The van der Waals surface area contributed by atoms with Crippen LogP contribution in [-0.2, 0) is 0 Å². The van der Waals surface area contributed by atoms with Crippen molar-refractivity contribution in [1.29, 1.82) is 0 Å². The van der Waals surface area contributed by atoms with Gasteiger partial charge in [0.15, 0.2) is 5.78 Å².